The van der Waals surface area contributed by atoms with Crippen molar-refractivity contribution in [3.63, 3.8) is 0 Å². The van der Waals surface area contributed by atoms with Crippen LogP contribution in [0.2, 0.25) is 5.02 Å². The van der Waals surface area contributed by atoms with E-state index in [1.54, 1.807) is 50.2 Å². The molecule has 1 amide bonds. The Morgan fingerprint density at radius 1 is 1.12 bits per heavy atom. The third kappa shape index (κ3) is 4.86. The topological polar surface area (TPSA) is 88.6 Å². The summed E-state index contributed by atoms with van der Waals surface area (Å²) in [5.74, 6) is 1.23. The van der Waals surface area contributed by atoms with Gasteiger partial charge in [-0.1, -0.05) is 11.6 Å². The van der Waals surface area contributed by atoms with Gasteiger partial charge in [-0.05, 0) is 75.9 Å². The average Bonchev–Trinajstić information content (AvgIpc) is 2.99. The molecular weight excluding hydrogens is 450 g/mol. The zero-order valence-corrected chi connectivity index (χ0v) is 20.0. The monoisotopic (exact) mass is 477 g/mol. The number of amides is 1. The van der Waals surface area contributed by atoms with Crippen LogP contribution < -0.4 is 15.0 Å². The van der Waals surface area contributed by atoms with Crippen LogP contribution in [0.1, 0.15) is 39.5 Å². The van der Waals surface area contributed by atoms with Gasteiger partial charge in [0.1, 0.15) is 11.6 Å². The number of carbonyl (C=O) groups excluding carboxylic acids is 1. The fourth-order valence-electron chi connectivity index (χ4n) is 4.62. The van der Waals surface area contributed by atoms with Crippen molar-refractivity contribution in [1.82, 2.24) is 10.3 Å². The molecule has 2 aliphatic heterocycles. The average molecular weight is 478 g/mol. The Kier molecular flexibility index (Phi) is 6.11. The number of piperidine rings is 1. The summed E-state index contributed by atoms with van der Waals surface area (Å²) in [6.45, 7) is 3.52. The number of fused-ring (bicyclic) bond motifs is 2. The molecule has 2 saturated heterocycles. The van der Waals surface area contributed by atoms with Crippen molar-refractivity contribution in [1.29, 1.82) is 0 Å². The predicted octanol–water partition coefficient (Wildman–Crippen LogP) is 3.61. The third-order valence-corrected chi connectivity index (χ3v) is 7.56. The van der Waals surface area contributed by atoms with E-state index in [0.717, 1.165) is 31.5 Å². The van der Waals surface area contributed by atoms with Crippen LogP contribution in [0.15, 0.2) is 47.5 Å². The van der Waals surface area contributed by atoms with E-state index in [1.807, 2.05) is 0 Å². The molecule has 172 valence electrons. The lowest BCUT2D eigenvalue weighted by molar-refractivity contribution is -0.135. The van der Waals surface area contributed by atoms with Crippen LogP contribution >= 0.6 is 11.6 Å². The predicted molar refractivity (Wildman–Crippen MR) is 124 cm³/mol. The maximum Gasteiger partial charge on any atom is 0.263 e. The SMILES string of the molecule is CC(C)(Oc1ccc(Cl)cc1)C(=O)NC1C[C@H]2CC[C@@H](C1)N2c1ccc(S(C)(=O)=O)cn1. The van der Waals surface area contributed by atoms with Gasteiger partial charge in [0.25, 0.3) is 5.91 Å². The minimum atomic E-state index is -3.27. The van der Waals surface area contributed by atoms with Gasteiger partial charge in [-0.15, -0.1) is 0 Å². The zero-order chi connectivity index (χ0) is 23.1. The van der Waals surface area contributed by atoms with E-state index in [2.05, 4.69) is 15.2 Å². The first-order chi connectivity index (χ1) is 15.0. The van der Waals surface area contributed by atoms with Gasteiger partial charge in [0.15, 0.2) is 15.4 Å². The van der Waals surface area contributed by atoms with Gasteiger partial charge in [-0.2, -0.15) is 0 Å². The Labute approximate surface area is 194 Å². The lowest BCUT2D eigenvalue weighted by atomic mass is 9.96. The van der Waals surface area contributed by atoms with Gasteiger partial charge >= 0.3 is 0 Å². The molecule has 1 aromatic heterocycles. The summed E-state index contributed by atoms with van der Waals surface area (Å²) in [6.07, 6.45) is 6.28. The fraction of sp³-hybridized carbons (Fsp3) is 0.478. The maximum absolute atomic E-state index is 13.0. The second kappa shape index (κ2) is 8.56. The quantitative estimate of drug-likeness (QED) is 0.683. The summed E-state index contributed by atoms with van der Waals surface area (Å²) in [5, 5.41) is 3.79. The zero-order valence-electron chi connectivity index (χ0n) is 18.4. The van der Waals surface area contributed by atoms with Crippen LogP contribution in [-0.2, 0) is 14.6 Å². The van der Waals surface area contributed by atoms with Crippen LogP contribution in [0.4, 0.5) is 5.82 Å². The van der Waals surface area contributed by atoms with Crippen molar-refractivity contribution in [2.75, 3.05) is 11.2 Å². The van der Waals surface area contributed by atoms with Crippen LogP contribution in [0.3, 0.4) is 0 Å². The molecule has 2 aromatic rings. The van der Waals surface area contributed by atoms with Crippen molar-refractivity contribution >= 4 is 33.2 Å². The van der Waals surface area contributed by atoms with E-state index < -0.39 is 15.4 Å². The summed E-state index contributed by atoms with van der Waals surface area (Å²) in [6, 6.07) is 10.9. The minimum absolute atomic E-state index is 0.0552. The number of anilines is 1. The van der Waals surface area contributed by atoms with Crippen molar-refractivity contribution in [2.24, 2.45) is 0 Å². The standard InChI is InChI=1S/C23H28ClN3O4S/c1-23(2,31-19-8-4-15(24)5-9-19)22(28)26-16-12-17-6-7-18(13-16)27(17)21-11-10-20(14-25-21)32(3,29)30/h4-5,8-11,14,16-18H,6-7,12-13H2,1-3H3,(H,26,28)/t16?,17-,18+. The Balaban J connectivity index is 1.40. The molecule has 9 heteroatoms. The number of halogens is 1. The van der Waals surface area contributed by atoms with E-state index in [0.29, 0.717) is 10.8 Å². The highest BCUT2D eigenvalue weighted by atomic mass is 35.5. The molecule has 2 bridgehead atoms. The van der Waals surface area contributed by atoms with Gasteiger partial charge in [0, 0.05) is 35.6 Å². The summed E-state index contributed by atoms with van der Waals surface area (Å²) >= 11 is 5.92. The van der Waals surface area contributed by atoms with Crippen LogP contribution in [-0.4, -0.2) is 49.3 Å². The number of rotatable bonds is 6. The Hall–Kier alpha value is -2.32. The number of nitrogens with one attached hydrogen (secondary N) is 1. The van der Waals surface area contributed by atoms with Gasteiger partial charge in [0.05, 0.1) is 4.90 Å². The highest BCUT2D eigenvalue weighted by Gasteiger charge is 2.43. The van der Waals surface area contributed by atoms with Crippen LogP contribution in [0.25, 0.3) is 0 Å². The first-order valence-electron chi connectivity index (χ1n) is 10.7. The fourth-order valence-corrected chi connectivity index (χ4v) is 5.30. The van der Waals surface area contributed by atoms with Gasteiger partial charge < -0.3 is 15.0 Å². The van der Waals surface area contributed by atoms with Gasteiger partial charge in [-0.3, -0.25) is 4.79 Å². The van der Waals surface area contributed by atoms with E-state index in [9.17, 15) is 13.2 Å². The molecule has 0 saturated carbocycles. The highest BCUT2D eigenvalue weighted by molar-refractivity contribution is 7.90. The smallest absolute Gasteiger partial charge is 0.263 e. The number of aromatic nitrogens is 1. The largest absolute Gasteiger partial charge is 0.478 e. The van der Waals surface area contributed by atoms with E-state index >= 15 is 0 Å². The lowest BCUT2D eigenvalue weighted by Crippen LogP contribution is -2.55. The van der Waals surface area contributed by atoms with Crippen molar-refractivity contribution in [3.05, 3.63) is 47.6 Å². The molecule has 7 nitrogen and oxygen atoms in total. The van der Waals surface area contributed by atoms with E-state index in [1.165, 1.54) is 12.5 Å². The molecule has 0 radical (unpaired) electrons. The second-order valence-corrected chi connectivity index (χ2v) is 11.6. The molecule has 1 aromatic carbocycles. The Morgan fingerprint density at radius 3 is 2.28 bits per heavy atom. The lowest BCUT2D eigenvalue weighted by Gasteiger charge is -2.40. The summed E-state index contributed by atoms with van der Waals surface area (Å²) < 4.78 is 29.3. The number of pyridine rings is 1. The number of carbonyl (C=O) groups is 1. The molecule has 1 N–H and O–H groups in total. The number of hydrogen-bond acceptors (Lipinski definition) is 6. The van der Waals surface area contributed by atoms with Crippen molar-refractivity contribution in [3.8, 4) is 5.75 Å². The Morgan fingerprint density at radius 2 is 1.75 bits per heavy atom. The Bertz CT molecular complexity index is 1070. The normalized spacial score (nSPS) is 23.1. The molecule has 2 aliphatic rings. The first kappa shape index (κ1) is 22.9. The number of hydrogen-bond donors (Lipinski definition) is 1. The third-order valence-electron chi connectivity index (χ3n) is 6.22. The molecule has 2 fully saturated rings. The molecule has 3 heterocycles. The molecule has 32 heavy (non-hydrogen) atoms. The molecule has 1 unspecified atom stereocenters. The van der Waals surface area contributed by atoms with Crippen LogP contribution in [0.5, 0.6) is 5.75 Å². The summed E-state index contributed by atoms with van der Waals surface area (Å²) in [5.41, 5.74) is -1.02. The molecule has 3 atom stereocenters. The number of sulfone groups is 1. The minimum Gasteiger partial charge on any atom is -0.478 e. The number of ether oxygens (including phenoxy) is 1. The molecular formula is C23H28ClN3O4S. The summed E-state index contributed by atoms with van der Waals surface area (Å²) in [4.78, 5) is 19.9. The maximum atomic E-state index is 13.0. The van der Waals surface area contributed by atoms with E-state index in [4.69, 9.17) is 16.3 Å². The van der Waals surface area contributed by atoms with E-state index in [-0.39, 0.29) is 28.9 Å². The highest BCUT2D eigenvalue weighted by Crippen LogP contribution is 2.39. The van der Waals surface area contributed by atoms with Crippen LogP contribution in [0, 0.1) is 0 Å². The summed E-state index contributed by atoms with van der Waals surface area (Å²) in [7, 11) is -3.27. The van der Waals surface area contributed by atoms with Crippen molar-refractivity contribution < 1.29 is 17.9 Å². The second-order valence-electron chi connectivity index (χ2n) is 9.12. The number of benzene rings is 1. The molecule has 0 spiro atoms. The van der Waals surface area contributed by atoms with Gasteiger partial charge in [0.2, 0.25) is 0 Å². The molecule has 0 aliphatic carbocycles. The van der Waals surface area contributed by atoms with Crippen molar-refractivity contribution in [2.45, 2.75) is 68.2 Å². The van der Waals surface area contributed by atoms with Gasteiger partial charge in [-0.25, -0.2) is 13.4 Å². The first-order valence-corrected chi connectivity index (χ1v) is 13.0. The molecule has 4 rings (SSSR count). The number of nitrogens with zero attached hydrogens (tertiary/aromatic N) is 2.